The summed E-state index contributed by atoms with van der Waals surface area (Å²) < 4.78 is 39.1. The van der Waals surface area contributed by atoms with Gasteiger partial charge in [0.1, 0.15) is 35.6 Å². The zero-order chi connectivity index (χ0) is 45.0. The zero-order valence-electron chi connectivity index (χ0n) is 34.3. The number of aliphatic carboxylic acids is 1. The van der Waals surface area contributed by atoms with Crippen molar-refractivity contribution in [1.29, 1.82) is 0 Å². The molecule has 1 amide bonds. The van der Waals surface area contributed by atoms with Crippen LogP contribution in [0.25, 0.3) is 22.1 Å². The molecular weight excluding hydrogens is 880 g/mol. The molecule has 6 heterocycles. The predicted molar refractivity (Wildman–Crippen MR) is 238 cm³/mol. The summed E-state index contributed by atoms with van der Waals surface area (Å²) in [6.45, 7) is 0.0226. The molecule has 2 unspecified atom stereocenters. The van der Waals surface area contributed by atoms with E-state index in [4.69, 9.17) is 0 Å². The molecule has 0 saturated heterocycles. The summed E-state index contributed by atoms with van der Waals surface area (Å²) in [6, 6.07) is 16.6. The quantitative estimate of drug-likeness (QED) is 0.0848. The Balaban J connectivity index is 0.000000162. The molecule has 7 aromatic rings. The van der Waals surface area contributed by atoms with E-state index in [9.17, 15) is 37.5 Å². The van der Waals surface area contributed by atoms with E-state index in [1.807, 2.05) is 36.4 Å². The first-order valence-corrected chi connectivity index (χ1v) is 22.5. The van der Waals surface area contributed by atoms with Crippen LogP contribution in [-0.2, 0) is 70.4 Å². The number of nitrogens with zero attached hydrogens (tertiary/aromatic N) is 4. The minimum atomic E-state index is -4.43. The second-order valence-corrected chi connectivity index (χ2v) is 18.6. The number of hydrogen-bond acceptors (Lipinski definition) is 12. The summed E-state index contributed by atoms with van der Waals surface area (Å²) in [5.74, 6) is -0.421. The van der Waals surface area contributed by atoms with Crippen molar-refractivity contribution in [2.75, 3.05) is 10.6 Å². The van der Waals surface area contributed by atoms with Gasteiger partial charge in [-0.15, -0.1) is 0 Å². The topological polar surface area (TPSA) is 208 Å². The fourth-order valence-corrected chi connectivity index (χ4v) is 10.8. The molecule has 4 aliphatic rings. The maximum atomic E-state index is 13.0. The van der Waals surface area contributed by atoms with E-state index < -0.39 is 17.7 Å². The van der Waals surface area contributed by atoms with Gasteiger partial charge in [-0.1, -0.05) is 47.8 Å². The molecule has 0 radical (unpaired) electrons. The van der Waals surface area contributed by atoms with Crippen molar-refractivity contribution in [3.8, 4) is 0 Å². The number of carbonyl (C=O) groups is 4. The minimum absolute atomic E-state index is 0.0226. The summed E-state index contributed by atoms with van der Waals surface area (Å²) in [5, 5.41) is 20.8. The molecular formula is C46H38F3N9O5S2. The molecule has 330 valence electrons. The number of carboxylic acid groups (broad SMARTS) is 1. The second-order valence-electron chi connectivity index (χ2n) is 16.4. The smallest absolute Gasteiger partial charge is 0.416 e. The van der Waals surface area contributed by atoms with Crippen LogP contribution in [0, 0.1) is 11.8 Å². The highest BCUT2D eigenvalue weighted by Gasteiger charge is 2.32. The van der Waals surface area contributed by atoms with Crippen LogP contribution >= 0.6 is 23.5 Å². The Morgan fingerprint density at radius 3 is 1.80 bits per heavy atom. The number of benzene rings is 3. The number of halogens is 3. The molecule has 11 rings (SSSR count). The Hall–Kier alpha value is -6.73. The summed E-state index contributed by atoms with van der Waals surface area (Å²) >= 11 is 2.50. The molecule has 0 bridgehead atoms. The number of rotatable bonds is 8. The summed E-state index contributed by atoms with van der Waals surface area (Å²) in [4.78, 5) is 74.0. The highest BCUT2D eigenvalue weighted by molar-refractivity contribution is 8.14. The minimum Gasteiger partial charge on any atom is -0.481 e. The third-order valence-electron chi connectivity index (χ3n) is 12.2. The fourth-order valence-electron chi connectivity index (χ4n) is 8.95. The molecule has 0 spiro atoms. The van der Waals surface area contributed by atoms with Gasteiger partial charge in [0.15, 0.2) is 10.2 Å². The SMILES string of the molecule is O=C1Cc2ccc(Nc3ncnc4[nH]c5c(c34)CC(C(=O)NCc3cccc(C(F)(F)F)c3)CC5)cc2S1.O=C1Cc2ccc(Nc3ncnc4[nH]c5c(c34)CC(C(=O)O)CC5)cc2S1. The Bertz CT molecular complexity index is 3100. The summed E-state index contributed by atoms with van der Waals surface area (Å²) in [5.41, 5.74) is 8.73. The van der Waals surface area contributed by atoms with Gasteiger partial charge >= 0.3 is 12.1 Å². The highest BCUT2D eigenvalue weighted by atomic mass is 32.2. The van der Waals surface area contributed by atoms with Crippen molar-refractivity contribution in [3.05, 3.63) is 118 Å². The van der Waals surface area contributed by atoms with Gasteiger partial charge in [-0.05, 0) is 103 Å². The maximum absolute atomic E-state index is 13.0. The standard InChI is InChI=1S/C27H22F3N5O2S.C19H16N4O3S/c28-27(29,30)17-3-1-2-14(8-17)12-31-26(37)16-5-7-20-19(9-16)23-24(32-13-33-25(23)35-20)34-18-6-4-15-10-22(36)38-21(15)11-18;24-15-6-9-1-3-11(7-14(9)27-15)22-17-16-12-5-10(19(25)26)2-4-13(12)23-18(16)21-8-20-17/h1-4,6,8,11,13,16H,5,7,9-10,12H2,(H,31,37)(H2,32,33,34,35);1,3,7-8,10H,2,4-6H2,(H,25,26)(H2,20,21,22,23). The van der Waals surface area contributed by atoms with Crippen molar-refractivity contribution >= 4 is 90.7 Å². The first kappa shape index (κ1) is 42.2. The molecule has 6 N–H and O–H groups in total. The number of aromatic amines is 2. The molecule has 14 nitrogen and oxygen atoms in total. The normalized spacial score (nSPS) is 17.5. The van der Waals surface area contributed by atoms with Crippen LogP contribution in [0.1, 0.15) is 57.6 Å². The van der Waals surface area contributed by atoms with Crippen LogP contribution in [0.5, 0.6) is 0 Å². The van der Waals surface area contributed by atoms with Crippen LogP contribution < -0.4 is 16.0 Å². The van der Waals surface area contributed by atoms with E-state index in [1.54, 1.807) is 6.07 Å². The van der Waals surface area contributed by atoms with Crippen molar-refractivity contribution in [2.45, 2.75) is 73.9 Å². The van der Waals surface area contributed by atoms with Crippen LogP contribution in [0.2, 0.25) is 0 Å². The monoisotopic (exact) mass is 917 g/mol. The van der Waals surface area contributed by atoms with Crippen LogP contribution in [0.4, 0.5) is 36.2 Å². The Morgan fingerprint density at radius 2 is 1.26 bits per heavy atom. The van der Waals surface area contributed by atoms with E-state index in [2.05, 4.69) is 45.9 Å². The number of thioether (sulfide) groups is 2. The number of H-pyrrole nitrogens is 2. The summed E-state index contributed by atoms with van der Waals surface area (Å²) in [6.07, 6.45) is 2.94. The molecule has 0 saturated carbocycles. The lowest BCUT2D eigenvalue weighted by atomic mass is 9.86. The largest absolute Gasteiger partial charge is 0.481 e. The van der Waals surface area contributed by atoms with Crippen molar-refractivity contribution in [3.63, 3.8) is 0 Å². The van der Waals surface area contributed by atoms with Crippen LogP contribution in [-0.4, -0.2) is 57.1 Å². The lowest BCUT2D eigenvalue weighted by molar-refractivity contribution is -0.142. The number of anilines is 4. The second kappa shape index (κ2) is 17.0. The maximum Gasteiger partial charge on any atom is 0.416 e. The van der Waals surface area contributed by atoms with Gasteiger partial charge in [-0.3, -0.25) is 19.2 Å². The third-order valence-corrected chi connectivity index (χ3v) is 14.1. The number of aromatic nitrogens is 6. The molecule has 2 aliphatic carbocycles. The molecule has 4 aromatic heterocycles. The molecule has 2 aliphatic heterocycles. The van der Waals surface area contributed by atoms with Crippen LogP contribution in [0.15, 0.2) is 83.1 Å². The highest BCUT2D eigenvalue weighted by Crippen LogP contribution is 2.40. The van der Waals surface area contributed by atoms with E-state index >= 15 is 0 Å². The van der Waals surface area contributed by atoms with Gasteiger partial charge in [-0.2, -0.15) is 13.2 Å². The molecule has 3 aromatic carbocycles. The number of amides is 1. The number of hydrogen-bond donors (Lipinski definition) is 6. The predicted octanol–water partition coefficient (Wildman–Crippen LogP) is 8.38. The first-order valence-electron chi connectivity index (χ1n) is 20.9. The van der Waals surface area contributed by atoms with E-state index in [-0.39, 0.29) is 34.5 Å². The van der Waals surface area contributed by atoms with Gasteiger partial charge in [0, 0.05) is 57.9 Å². The fraction of sp³-hybridized carbons (Fsp3) is 0.261. The number of carboxylic acids is 1. The Labute approximate surface area is 376 Å². The lowest BCUT2D eigenvalue weighted by Gasteiger charge is -2.22. The number of fused-ring (bicyclic) bond motifs is 8. The molecule has 19 heteroatoms. The number of carbonyl (C=O) groups excluding carboxylic acids is 3. The molecule has 65 heavy (non-hydrogen) atoms. The van der Waals surface area contributed by atoms with Crippen molar-refractivity contribution in [1.82, 2.24) is 35.2 Å². The van der Waals surface area contributed by atoms with Gasteiger partial charge in [-0.25, -0.2) is 19.9 Å². The van der Waals surface area contributed by atoms with Gasteiger partial charge in [0.2, 0.25) is 5.91 Å². The van der Waals surface area contributed by atoms with E-state index in [0.717, 1.165) is 77.7 Å². The number of alkyl halides is 3. The lowest BCUT2D eigenvalue weighted by Crippen LogP contribution is -2.33. The number of aryl methyl sites for hydroxylation is 2. The molecule has 2 atom stereocenters. The summed E-state index contributed by atoms with van der Waals surface area (Å²) in [7, 11) is 0. The average molecular weight is 918 g/mol. The van der Waals surface area contributed by atoms with E-state index in [0.29, 0.717) is 79.9 Å². The van der Waals surface area contributed by atoms with Gasteiger partial charge < -0.3 is 31.0 Å². The Morgan fingerprint density at radius 1 is 0.723 bits per heavy atom. The third kappa shape index (κ3) is 8.64. The van der Waals surface area contributed by atoms with Crippen molar-refractivity contribution in [2.24, 2.45) is 11.8 Å². The first-order chi connectivity index (χ1) is 31.3. The van der Waals surface area contributed by atoms with Gasteiger partial charge in [0.25, 0.3) is 0 Å². The van der Waals surface area contributed by atoms with Crippen molar-refractivity contribution < 1.29 is 37.5 Å². The zero-order valence-corrected chi connectivity index (χ0v) is 35.9. The van der Waals surface area contributed by atoms with Gasteiger partial charge in [0.05, 0.1) is 22.3 Å². The van der Waals surface area contributed by atoms with Crippen LogP contribution in [0.3, 0.4) is 0 Å². The Kier molecular flexibility index (Phi) is 11.0. The van der Waals surface area contributed by atoms with E-state index in [1.165, 1.54) is 42.2 Å². The molecule has 0 fully saturated rings. The average Bonchev–Trinajstić information content (AvgIpc) is 4.06. The number of nitrogens with one attached hydrogen (secondary N) is 5.